The van der Waals surface area contributed by atoms with Gasteiger partial charge in [0, 0.05) is 12.1 Å². The molecule has 0 heterocycles. The topological polar surface area (TPSA) is 47.6 Å². The highest BCUT2D eigenvalue weighted by molar-refractivity contribution is 5.97. The minimum atomic E-state index is -0.267. The van der Waals surface area contributed by atoms with Crippen LogP contribution in [0.15, 0.2) is 36.4 Å². The number of amides is 1. The number of benzene rings is 2. The lowest BCUT2D eigenvalue weighted by Gasteiger charge is -2.14. The van der Waals surface area contributed by atoms with Crippen molar-refractivity contribution in [3.05, 3.63) is 58.9 Å². The molecule has 0 fully saturated rings. The first-order valence-corrected chi connectivity index (χ1v) is 7.31. The molecule has 5 heteroatoms. The van der Waals surface area contributed by atoms with Gasteiger partial charge in [-0.05, 0) is 43.2 Å². The second kappa shape index (κ2) is 7.63. The van der Waals surface area contributed by atoms with Crippen LogP contribution in [-0.2, 0) is 6.42 Å². The Hall–Kier alpha value is -2.56. The zero-order chi connectivity index (χ0) is 16.8. The maximum Gasteiger partial charge on any atom is 0.255 e. The Balaban J connectivity index is 2.03. The fourth-order valence-electron chi connectivity index (χ4n) is 2.40. The highest BCUT2D eigenvalue weighted by Gasteiger charge is 2.16. The van der Waals surface area contributed by atoms with Gasteiger partial charge in [-0.1, -0.05) is 12.1 Å². The fraction of sp³-hybridized carbons (Fsp3) is 0.278. The Kier molecular flexibility index (Phi) is 5.57. The van der Waals surface area contributed by atoms with Crippen LogP contribution in [0.1, 0.15) is 21.5 Å². The molecule has 122 valence electrons. The summed E-state index contributed by atoms with van der Waals surface area (Å²) in [5, 5.41) is 2.85. The van der Waals surface area contributed by atoms with E-state index in [4.69, 9.17) is 9.47 Å². The van der Waals surface area contributed by atoms with Gasteiger partial charge in [0.1, 0.15) is 17.3 Å². The van der Waals surface area contributed by atoms with Gasteiger partial charge in [-0.25, -0.2) is 4.39 Å². The lowest BCUT2D eigenvalue weighted by atomic mass is 10.1. The van der Waals surface area contributed by atoms with Crippen LogP contribution in [0, 0.1) is 12.7 Å². The van der Waals surface area contributed by atoms with Crippen molar-refractivity contribution in [2.24, 2.45) is 0 Å². The van der Waals surface area contributed by atoms with Gasteiger partial charge in [-0.15, -0.1) is 0 Å². The summed E-state index contributed by atoms with van der Waals surface area (Å²) >= 11 is 0. The third-order valence-corrected chi connectivity index (χ3v) is 3.64. The van der Waals surface area contributed by atoms with Crippen LogP contribution >= 0.6 is 0 Å². The lowest BCUT2D eigenvalue weighted by molar-refractivity contribution is 0.0951. The molecule has 0 radical (unpaired) electrons. The molecule has 1 N–H and O–H groups in total. The molecular weight excluding hydrogens is 297 g/mol. The predicted octanol–water partition coefficient (Wildman–Crippen LogP) is 3.12. The summed E-state index contributed by atoms with van der Waals surface area (Å²) in [6, 6.07) is 9.66. The van der Waals surface area contributed by atoms with Gasteiger partial charge in [0.15, 0.2) is 0 Å². The van der Waals surface area contributed by atoms with Crippen LogP contribution in [-0.4, -0.2) is 26.7 Å². The van der Waals surface area contributed by atoms with Gasteiger partial charge >= 0.3 is 0 Å². The Morgan fingerprint density at radius 1 is 1.09 bits per heavy atom. The molecule has 0 aliphatic rings. The van der Waals surface area contributed by atoms with Gasteiger partial charge in [0.25, 0.3) is 5.91 Å². The smallest absolute Gasteiger partial charge is 0.255 e. The molecule has 0 bridgehead atoms. The van der Waals surface area contributed by atoms with E-state index in [1.165, 1.54) is 19.2 Å². The van der Waals surface area contributed by atoms with Crippen LogP contribution in [0.3, 0.4) is 0 Å². The van der Waals surface area contributed by atoms with Crippen LogP contribution in [0.25, 0.3) is 0 Å². The van der Waals surface area contributed by atoms with Crippen LogP contribution in [0.2, 0.25) is 0 Å². The van der Waals surface area contributed by atoms with E-state index in [1.807, 2.05) is 6.92 Å². The quantitative estimate of drug-likeness (QED) is 0.890. The number of nitrogens with one attached hydrogen (secondary N) is 1. The Bertz CT molecular complexity index is 683. The van der Waals surface area contributed by atoms with E-state index in [1.54, 1.807) is 31.4 Å². The summed E-state index contributed by atoms with van der Waals surface area (Å²) in [4.78, 5) is 12.3. The largest absolute Gasteiger partial charge is 0.496 e. The van der Waals surface area contributed by atoms with E-state index in [9.17, 15) is 9.18 Å². The maximum absolute atomic E-state index is 12.8. The average Bonchev–Trinajstić information content (AvgIpc) is 2.56. The van der Waals surface area contributed by atoms with E-state index >= 15 is 0 Å². The molecule has 0 atom stereocenters. The van der Waals surface area contributed by atoms with Crippen molar-refractivity contribution < 1.29 is 18.7 Å². The van der Waals surface area contributed by atoms with Crippen molar-refractivity contribution >= 4 is 5.91 Å². The second-order valence-corrected chi connectivity index (χ2v) is 5.11. The molecule has 1 amide bonds. The van der Waals surface area contributed by atoms with E-state index < -0.39 is 0 Å². The van der Waals surface area contributed by atoms with Crippen molar-refractivity contribution in [3.63, 3.8) is 0 Å². The van der Waals surface area contributed by atoms with E-state index in [0.717, 1.165) is 11.1 Å². The number of methoxy groups -OCH3 is 2. The molecule has 0 unspecified atom stereocenters. The van der Waals surface area contributed by atoms with E-state index in [-0.39, 0.29) is 11.7 Å². The first kappa shape index (κ1) is 16.8. The fourth-order valence-corrected chi connectivity index (χ4v) is 2.40. The molecule has 2 aromatic carbocycles. The highest BCUT2D eigenvalue weighted by Crippen LogP contribution is 2.31. The minimum Gasteiger partial charge on any atom is -0.496 e. The third kappa shape index (κ3) is 4.00. The number of hydrogen-bond acceptors (Lipinski definition) is 3. The molecular formula is C18H20FNO3. The summed E-state index contributed by atoms with van der Waals surface area (Å²) in [5.41, 5.74) is 2.20. The predicted molar refractivity (Wildman–Crippen MR) is 86.7 cm³/mol. The van der Waals surface area contributed by atoms with Gasteiger partial charge in [0.05, 0.1) is 19.8 Å². The first-order chi connectivity index (χ1) is 11.1. The average molecular weight is 317 g/mol. The van der Waals surface area contributed by atoms with Crippen molar-refractivity contribution in [1.29, 1.82) is 0 Å². The monoisotopic (exact) mass is 317 g/mol. The highest BCUT2D eigenvalue weighted by atomic mass is 19.1. The minimum absolute atomic E-state index is 0.213. The number of carbonyl (C=O) groups is 1. The summed E-state index contributed by atoms with van der Waals surface area (Å²) in [5.74, 6) is 0.694. The SMILES string of the molecule is COc1ccc(C(=O)NCCc2ccc(F)cc2)c(OC)c1C. The van der Waals surface area contributed by atoms with E-state index in [2.05, 4.69) is 5.32 Å². The standard InChI is InChI=1S/C18H20FNO3/c1-12-16(22-2)9-8-15(17(12)23-3)18(21)20-11-10-13-4-6-14(19)7-5-13/h4-9H,10-11H2,1-3H3,(H,20,21). The number of halogens is 1. The maximum atomic E-state index is 12.8. The van der Waals surface area contributed by atoms with Gasteiger partial charge < -0.3 is 14.8 Å². The van der Waals surface area contributed by atoms with Crippen LogP contribution < -0.4 is 14.8 Å². The third-order valence-electron chi connectivity index (χ3n) is 3.64. The zero-order valence-electron chi connectivity index (χ0n) is 13.5. The van der Waals surface area contributed by atoms with Crippen molar-refractivity contribution in [3.8, 4) is 11.5 Å². The molecule has 0 spiro atoms. The summed E-state index contributed by atoms with van der Waals surface area (Å²) in [7, 11) is 3.10. The first-order valence-electron chi connectivity index (χ1n) is 7.31. The number of carbonyl (C=O) groups excluding carboxylic acids is 1. The molecule has 0 saturated heterocycles. The van der Waals surface area contributed by atoms with Gasteiger partial charge in [-0.3, -0.25) is 4.79 Å². The van der Waals surface area contributed by atoms with Crippen molar-refractivity contribution in [1.82, 2.24) is 5.32 Å². The van der Waals surface area contributed by atoms with Crippen molar-refractivity contribution in [2.75, 3.05) is 20.8 Å². The molecule has 0 aliphatic heterocycles. The molecule has 0 saturated carbocycles. The summed E-state index contributed by atoms with van der Waals surface area (Å²) < 4.78 is 23.4. The van der Waals surface area contributed by atoms with Crippen LogP contribution in [0.5, 0.6) is 11.5 Å². The number of hydrogen-bond donors (Lipinski definition) is 1. The zero-order valence-corrected chi connectivity index (χ0v) is 13.5. The Morgan fingerprint density at radius 2 is 1.78 bits per heavy atom. The number of ether oxygens (including phenoxy) is 2. The molecule has 4 nitrogen and oxygen atoms in total. The number of rotatable bonds is 6. The second-order valence-electron chi connectivity index (χ2n) is 5.11. The summed E-state index contributed by atoms with van der Waals surface area (Å²) in [6.07, 6.45) is 0.628. The normalized spacial score (nSPS) is 10.3. The molecule has 2 aromatic rings. The Morgan fingerprint density at radius 3 is 2.39 bits per heavy atom. The van der Waals surface area contributed by atoms with Crippen LogP contribution in [0.4, 0.5) is 4.39 Å². The molecule has 23 heavy (non-hydrogen) atoms. The molecule has 2 rings (SSSR count). The van der Waals surface area contributed by atoms with E-state index in [0.29, 0.717) is 30.0 Å². The van der Waals surface area contributed by atoms with Gasteiger partial charge in [-0.2, -0.15) is 0 Å². The van der Waals surface area contributed by atoms with Gasteiger partial charge in [0.2, 0.25) is 0 Å². The lowest BCUT2D eigenvalue weighted by Crippen LogP contribution is -2.26. The van der Waals surface area contributed by atoms with Crippen molar-refractivity contribution in [2.45, 2.75) is 13.3 Å². The molecule has 0 aliphatic carbocycles. The Labute approximate surface area is 135 Å². The summed E-state index contributed by atoms with van der Waals surface area (Å²) in [6.45, 7) is 2.30. The molecule has 0 aromatic heterocycles.